The first-order valence-corrected chi connectivity index (χ1v) is 6.05. The molecule has 0 radical (unpaired) electrons. The van der Waals surface area contributed by atoms with Crippen LogP contribution in [0.25, 0.3) is 0 Å². The van der Waals surface area contributed by atoms with Gasteiger partial charge in [0, 0.05) is 24.0 Å². The third kappa shape index (κ3) is 2.73. The summed E-state index contributed by atoms with van der Waals surface area (Å²) in [5, 5.41) is 12.5. The number of hydrogen-bond acceptors (Lipinski definition) is 4. The van der Waals surface area contributed by atoms with Gasteiger partial charge in [-0.05, 0) is 30.5 Å². The molecule has 0 bridgehead atoms. The summed E-state index contributed by atoms with van der Waals surface area (Å²) in [6, 6.07) is 5.15. The van der Waals surface area contributed by atoms with Crippen molar-refractivity contribution < 1.29 is 14.6 Å². The molecule has 1 aromatic carbocycles. The van der Waals surface area contributed by atoms with Gasteiger partial charge < -0.3 is 20.9 Å². The molecule has 2 atom stereocenters. The summed E-state index contributed by atoms with van der Waals surface area (Å²) in [6.45, 7) is 3.50. The highest BCUT2D eigenvalue weighted by Gasteiger charge is 2.23. The second-order valence-electron chi connectivity index (χ2n) is 4.70. The fraction of sp³-hybridized carbons (Fsp3) is 0.462. The number of carbonyl (C=O) groups is 1. The molecule has 0 spiro atoms. The van der Waals surface area contributed by atoms with Crippen molar-refractivity contribution in [1.82, 2.24) is 0 Å². The van der Waals surface area contributed by atoms with E-state index in [0.717, 1.165) is 6.42 Å². The fourth-order valence-electron chi connectivity index (χ4n) is 2.16. The normalized spacial score (nSPS) is 23.6. The van der Waals surface area contributed by atoms with Crippen LogP contribution < -0.4 is 11.1 Å². The van der Waals surface area contributed by atoms with Crippen molar-refractivity contribution in [3.8, 4) is 0 Å². The zero-order valence-corrected chi connectivity index (χ0v) is 10.3. The Kier molecular flexibility index (Phi) is 3.72. The second kappa shape index (κ2) is 5.27. The van der Waals surface area contributed by atoms with E-state index in [2.05, 4.69) is 12.2 Å². The number of nitrogens with two attached hydrogens (primary N) is 1. The Hall–Kier alpha value is -1.75. The maximum atomic E-state index is 11.2. The molecule has 0 aliphatic carbocycles. The largest absolute Gasteiger partial charge is 0.478 e. The average molecular weight is 250 g/mol. The minimum atomic E-state index is -0.968. The molecule has 1 fully saturated rings. The molecule has 1 aliphatic heterocycles. The molecule has 4 N–H and O–H groups in total. The molecule has 2 rings (SSSR count). The van der Waals surface area contributed by atoms with Gasteiger partial charge in [0.15, 0.2) is 0 Å². The molecule has 98 valence electrons. The van der Waals surface area contributed by atoms with Gasteiger partial charge in [-0.15, -0.1) is 0 Å². The molecular formula is C13H18N2O3. The Morgan fingerprint density at radius 1 is 1.56 bits per heavy atom. The summed E-state index contributed by atoms with van der Waals surface area (Å²) in [7, 11) is 0. The zero-order valence-electron chi connectivity index (χ0n) is 10.3. The summed E-state index contributed by atoms with van der Waals surface area (Å²) in [5.41, 5.74) is 6.91. The summed E-state index contributed by atoms with van der Waals surface area (Å²) in [5.74, 6) is -0.609. The highest BCUT2D eigenvalue weighted by atomic mass is 16.5. The van der Waals surface area contributed by atoms with Gasteiger partial charge in [-0.25, -0.2) is 4.79 Å². The van der Waals surface area contributed by atoms with Crippen molar-refractivity contribution in [3.63, 3.8) is 0 Å². The average Bonchev–Trinajstić information content (AvgIpc) is 2.34. The van der Waals surface area contributed by atoms with Crippen LogP contribution in [-0.2, 0) is 4.74 Å². The molecule has 5 nitrogen and oxygen atoms in total. The molecule has 0 amide bonds. The van der Waals surface area contributed by atoms with Gasteiger partial charge in [0.1, 0.15) is 0 Å². The number of nitrogen functional groups attached to an aromatic ring is 1. The third-order valence-corrected chi connectivity index (χ3v) is 3.26. The minimum absolute atomic E-state index is 0.216. The Morgan fingerprint density at radius 3 is 3.00 bits per heavy atom. The van der Waals surface area contributed by atoms with E-state index in [4.69, 9.17) is 15.6 Å². The molecule has 2 unspecified atom stereocenters. The molecule has 1 saturated heterocycles. The quantitative estimate of drug-likeness (QED) is 0.712. The van der Waals surface area contributed by atoms with Crippen LogP contribution in [0.15, 0.2) is 18.2 Å². The van der Waals surface area contributed by atoms with Gasteiger partial charge in [-0.3, -0.25) is 0 Å². The van der Waals surface area contributed by atoms with E-state index in [0.29, 0.717) is 30.5 Å². The number of hydrogen-bond donors (Lipinski definition) is 3. The Morgan fingerprint density at radius 2 is 2.33 bits per heavy atom. The molecule has 1 aromatic rings. The van der Waals surface area contributed by atoms with Gasteiger partial charge in [-0.1, -0.05) is 6.92 Å². The molecule has 1 heterocycles. The van der Waals surface area contributed by atoms with Crippen LogP contribution in [0.3, 0.4) is 0 Å². The van der Waals surface area contributed by atoms with Gasteiger partial charge >= 0.3 is 5.97 Å². The lowest BCUT2D eigenvalue weighted by Crippen LogP contribution is -2.36. The molecule has 18 heavy (non-hydrogen) atoms. The van der Waals surface area contributed by atoms with E-state index in [1.54, 1.807) is 12.1 Å². The van der Waals surface area contributed by atoms with Crippen LogP contribution in [-0.4, -0.2) is 30.3 Å². The van der Waals surface area contributed by atoms with E-state index < -0.39 is 5.97 Å². The zero-order chi connectivity index (χ0) is 13.1. The van der Waals surface area contributed by atoms with Crippen LogP contribution in [0.2, 0.25) is 0 Å². The van der Waals surface area contributed by atoms with Crippen LogP contribution in [0.1, 0.15) is 23.7 Å². The second-order valence-corrected chi connectivity index (χ2v) is 4.70. The number of nitrogens with one attached hydrogen (secondary N) is 1. The van der Waals surface area contributed by atoms with Gasteiger partial charge in [0.2, 0.25) is 0 Å². The number of carboxylic acids is 1. The highest BCUT2D eigenvalue weighted by molar-refractivity contribution is 5.95. The predicted octanol–water partition coefficient (Wildman–Crippen LogP) is 1.80. The third-order valence-electron chi connectivity index (χ3n) is 3.26. The number of benzene rings is 1. The number of ether oxygens (including phenoxy) is 1. The van der Waals surface area contributed by atoms with Crippen molar-refractivity contribution in [2.45, 2.75) is 19.4 Å². The predicted molar refractivity (Wildman–Crippen MR) is 69.8 cm³/mol. The van der Waals surface area contributed by atoms with E-state index in [1.807, 2.05) is 0 Å². The van der Waals surface area contributed by atoms with Crippen LogP contribution in [0, 0.1) is 5.92 Å². The number of anilines is 2. The molecule has 5 heteroatoms. The smallest absolute Gasteiger partial charge is 0.337 e. The lowest BCUT2D eigenvalue weighted by Gasteiger charge is -2.30. The number of aromatic carboxylic acids is 1. The van der Waals surface area contributed by atoms with Crippen molar-refractivity contribution >= 4 is 17.3 Å². The lowest BCUT2D eigenvalue weighted by molar-refractivity contribution is 0.0537. The van der Waals surface area contributed by atoms with Crippen molar-refractivity contribution in [3.05, 3.63) is 23.8 Å². The van der Waals surface area contributed by atoms with Crippen LogP contribution in [0.5, 0.6) is 0 Å². The lowest BCUT2D eigenvalue weighted by atomic mass is 9.97. The Labute approximate surface area is 106 Å². The molecule has 1 aliphatic rings. The van der Waals surface area contributed by atoms with Crippen molar-refractivity contribution in [2.24, 2.45) is 5.92 Å². The standard InChI is InChI=1S/C13H18N2O3/c1-8-7-18-5-4-11(8)15-12-3-2-9(14)6-10(12)13(16)17/h2-3,6,8,11,15H,4-5,7,14H2,1H3,(H,16,17). The first-order valence-electron chi connectivity index (χ1n) is 6.05. The molecule has 0 saturated carbocycles. The van der Waals surface area contributed by atoms with Crippen LogP contribution >= 0.6 is 0 Å². The first kappa shape index (κ1) is 12.7. The minimum Gasteiger partial charge on any atom is -0.478 e. The summed E-state index contributed by atoms with van der Waals surface area (Å²) in [6.07, 6.45) is 0.880. The fourth-order valence-corrected chi connectivity index (χ4v) is 2.16. The van der Waals surface area contributed by atoms with E-state index >= 15 is 0 Å². The SMILES string of the molecule is CC1COCCC1Nc1ccc(N)cc1C(=O)O. The number of carboxylic acid groups (broad SMARTS) is 1. The molecular weight excluding hydrogens is 232 g/mol. The highest BCUT2D eigenvalue weighted by Crippen LogP contribution is 2.24. The first-order chi connectivity index (χ1) is 8.58. The monoisotopic (exact) mass is 250 g/mol. The Bertz CT molecular complexity index is 448. The van der Waals surface area contributed by atoms with Gasteiger partial charge in [0.05, 0.1) is 12.2 Å². The summed E-state index contributed by atoms with van der Waals surface area (Å²) >= 11 is 0. The van der Waals surface area contributed by atoms with E-state index in [1.165, 1.54) is 6.07 Å². The maximum Gasteiger partial charge on any atom is 0.337 e. The maximum absolute atomic E-state index is 11.2. The van der Waals surface area contributed by atoms with E-state index in [9.17, 15) is 4.79 Å². The van der Waals surface area contributed by atoms with Crippen LogP contribution in [0.4, 0.5) is 11.4 Å². The van der Waals surface area contributed by atoms with Crippen molar-refractivity contribution in [2.75, 3.05) is 24.3 Å². The summed E-state index contributed by atoms with van der Waals surface area (Å²) < 4.78 is 5.37. The Balaban J connectivity index is 2.20. The topological polar surface area (TPSA) is 84.6 Å². The van der Waals surface area contributed by atoms with Gasteiger partial charge in [-0.2, -0.15) is 0 Å². The van der Waals surface area contributed by atoms with Crippen molar-refractivity contribution in [1.29, 1.82) is 0 Å². The van der Waals surface area contributed by atoms with Gasteiger partial charge in [0.25, 0.3) is 0 Å². The summed E-state index contributed by atoms with van der Waals surface area (Å²) in [4.78, 5) is 11.2. The number of rotatable bonds is 3. The molecule has 0 aromatic heterocycles. The van der Waals surface area contributed by atoms with E-state index in [-0.39, 0.29) is 11.6 Å².